The van der Waals surface area contributed by atoms with Crippen LogP contribution in [0, 0.1) is 0 Å². The average Bonchev–Trinajstić information content (AvgIpc) is 3.76. The fourth-order valence-corrected chi connectivity index (χ4v) is 8.25. The SMILES string of the molecule is CC(=O)N1CCc2c(c(N3CCCc4cc(-c5cnn(C)c5)c(C(F)F)cc43)nn2C2CCN(C(=O)COC3CCN(C(=O)OC(C)(C)C)CC3)CC2)C1. The van der Waals surface area contributed by atoms with E-state index in [-0.39, 0.29) is 42.2 Å². The number of hydrogen-bond acceptors (Lipinski definition) is 8. The molecule has 0 N–H and O–H groups in total. The fraction of sp³-hybridized carbons (Fsp3) is 0.615. The van der Waals surface area contributed by atoms with Crippen molar-refractivity contribution in [1.82, 2.24) is 34.3 Å². The van der Waals surface area contributed by atoms with E-state index in [2.05, 4.69) is 14.7 Å². The van der Waals surface area contributed by atoms with Crippen LogP contribution in [0.15, 0.2) is 24.5 Å². The van der Waals surface area contributed by atoms with Gasteiger partial charge in [0.1, 0.15) is 12.2 Å². The molecule has 1 aromatic carbocycles. The van der Waals surface area contributed by atoms with Gasteiger partial charge < -0.3 is 29.1 Å². The molecule has 0 unspecified atom stereocenters. The normalized spacial score (nSPS) is 18.6. The second-order valence-electron chi connectivity index (χ2n) is 16.0. The van der Waals surface area contributed by atoms with Crippen molar-refractivity contribution in [3.05, 3.63) is 46.9 Å². The van der Waals surface area contributed by atoms with Crippen molar-refractivity contribution >= 4 is 29.4 Å². The molecular formula is C39H52F2N8O5. The Morgan fingerprint density at radius 3 is 2.31 bits per heavy atom. The molecule has 3 aromatic rings. The molecule has 4 aliphatic heterocycles. The number of halogens is 2. The molecule has 0 spiro atoms. The number of hydrogen-bond donors (Lipinski definition) is 0. The van der Waals surface area contributed by atoms with E-state index in [1.165, 1.54) is 0 Å². The Morgan fingerprint density at radius 2 is 1.67 bits per heavy atom. The summed E-state index contributed by atoms with van der Waals surface area (Å²) in [6, 6.07) is 3.55. The summed E-state index contributed by atoms with van der Waals surface area (Å²) in [5, 5.41) is 9.45. The Balaban J connectivity index is 1.05. The predicted octanol–water partition coefficient (Wildman–Crippen LogP) is 5.79. The number of aromatic nitrogens is 4. The molecule has 0 saturated carbocycles. The van der Waals surface area contributed by atoms with Crippen LogP contribution in [0.5, 0.6) is 0 Å². The summed E-state index contributed by atoms with van der Waals surface area (Å²) < 4.78 is 44.5. The number of anilines is 2. The lowest BCUT2D eigenvalue weighted by Crippen LogP contribution is -2.45. The number of benzene rings is 1. The molecule has 0 aliphatic carbocycles. The van der Waals surface area contributed by atoms with E-state index in [0.717, 1.165) is 41.2 Å². The smallest absolute Gasteiger partial charge is 0.410 e. The number of ether oxygens (including phenoxy) is 2. The Hall–Kier alpha value is -4.53. The number of piperidine rings is 2. The van der Waals surface area contributed by atoms with Gasteiger partial charge in [-0.2, -0.15) is 10.2 Å². The minimum absolute atomic E-state index is 0.00143. The number of rotatable bonds is 7. The van der Waals surface area contributed by atoms with Gasteiger partial charge in [0.05, 0.1) is 24.9 Å². The van der Waals surface area contributed by atoms with E-state index in [9.17, 15) is 23.2 Å². The van der Waals surface area contributed by atoms with E-state index >= 15 is 0 Å². The van der Waals surface area contributed by atoms with Crippen molar-refractivity contribution in [3.63, 3.8) is 0 Å². The van der Waals surface area contributed by atoms with Crippen LogP contribution >= 0.6 is 0 Å². The molecule has 3 amide bonds. The van der Waals surface area contributed by atoms with Gasteiger partial charge in [0.15, 0.2) is 5.82 Å². The molecule has 292 valence electrons. The summed E-state index contributed by atoms with van der Waals surface area (Å²) in [4.78, 5) is 45.7. The third kappa shape index (κ3) is 7.96. The first-order chi connectivity index (χ1) is 25.8. The Bertz CT molecular complexity index is 1870. The molecular weight excluding hydrogens is 698 g/mol. The van der Waals surface area contributed by atoms with Crippen LogP contribution in [0.2, 0.25) is 0 Å². The summed E-state index contributed by atoms with van der Waals surface area (Å²) in [7, 11) is 1.77. The topological polar surface area (TPSA) is 118 Å². The van der Waals surface area contributed by atoms with E-state index in [1.807, 2.05) is 36.6 Å². The number of aryl methyl sites for hydroxylation is 2. The van der Waals surface area contributed by atoms with Gasteiger partial charge in [0.25, 0.3) is 6.43 Å². The summed E-state index contributed by atoms with van der Waals surface area (Å²) in [6.45, 7) is 10.9. The van der Waals surface area contributed by atoms with Crippen LogP contribution in [0.1, 0.15) is 94.7 Å². The summed E-state index contributed by atoms with van der Waals surface area (Å²) in [5.41, 5.74) is 4.30. The highest BCUT2D eigenvalue weighted by Crippen LogP contribution is 2.43. The highest BCUT2D eigenvalue weighted by molar-refractivity contribution is 5.79. The number of alkyl halides is 2. The molecule has 13 nitrogen and oxygen atoms in total. The van der Waals surface area contributed by atoms with E-state index in [1.54, 1.807) is 42.0 Å². The Morgan fingerprint density at radius 1 is 0.944 bits per heavy atom. The molecule has 15 heteroatoms. The maximum atomic E-state index is 14.6. The minimum Gasteiger partial charge on any atom is -0.444 e. The zero-order valence-electron chi connectivity index (χ0n) is 32.0. The predicted molar refractivity (Wildman–Crippen MR) is 198 cm³/mol. The number of carbonyl (C=O) groups is 3. The molecule has 2 saturated heterocycles. The molecule has 0 radical (unpaired) electrons. The quantitative estimate of drug-likeness (QED) is 0.298. The Kier molecular flexibility index (Phi) is 10.7. The lowest BCUT2D eigenvalue weighted by molar-refractivity contribution is -0.140. The van der Waals surface area contributed by atoms with Gasteiger partial charge in [-0.25, -0.2) is 13.6 Å². The van der Waals surface area contributed by atoms with Crippen molar-refractivity contribution in [2.45, 2.75) is 103 Å². The largest absolute Gasteiger partial charge is 0.444 e. The molecule has 2 aromatic heterocycles. The molecule has 7 rings (SSSR count). The van der Waals surface area contributed by atoms with Crippen LogP contribution < -0.4 is 4.90 Å². The average molecular weight is 751 g/mol. The zero-order chi connectivity index (χ0) is 38.3. The van der Waals surface area contributed by atoms with Crippen molar-refractivity contribution in [2.75, 3.05) is 50.8 Å². The van der Waals surface area contributed by atoms with Gasteiger partial charge in [-0.05, 0) is 82.6 Å². The van der Waals surface area contributed by atoms with Gasteiger partial charge in [-0.1, -0.05) is 0 Å². The van der Waals surface area contributed by atoms with Crippen molar-refractivity contribution in [1.29, 1.82) is 0 Å². The number of likely N-dealkylation sites (tertiary alicyclic amines) is 2. The van der Waals surface area contributed by atoms with Gasteiger partial charge in [0, 0.05) is 93.9 Å². The third-order valence-electron chi connectivity index (χ3n) is 11.1. The highest BCUT2D eigenvalue weighted by atomic mass is 19.3. The summed E-state index contributed by atoms with van der Waals surface area (Å²) >= 11 is 0. The number of carbonyl (C=O) groups excluding carboxylic acids is 3. The van der Waals surface area contributed by atoms with E-state index < -0.39 is 12.0 Å². The first-order valence-corrected chi connectivity index (χ1v) is 19.2. The van der Waals surface area contributed by atoms with Gasteiger partial charge in [-0.3, -0.25) is 19.0 Å². The first-order valence-electron chi connectivity index (χ1n) is 19.2. The maximum absolute atomic E-state index is 14.6. The fourth-order valence-electron chi connectivity index (χ4n) is 8.25. The number of amides is 3. The maximum Gasteiger partial charge on any atom is 0.410 e. The van der Waals surface area contributed by atoms with Gasteiger partial charge in [-0.15, -0.1) is 0 Å². The number of nitrogens with zero attached hydrogens (tertiary/aromatic N) is 8. The summed E-state index contributed by atoms with van der Waals surface area (Å²) in [6.07, 6.45) is 5.25. The van der Waals surface area contributed by atoms with Crippen LogP contribution in [0.25, 0.3) is 11.1 Å². The van der Waals surface area contributed by atoms with Crippen LogP contribution in [-0.2, 0) is 45.5 Å². The van der Waals surface area contributed by atoms with Crippen LogP contribution in [0.3, 0.4) is 0 Å². The second kappa shape index (κ2) is 15.3. The van der Waals surface area contributed by atoms with E-state index in [0.29, 0.717) is 89.0 Å². The second-order valence-corrected chi connectivity index (χ2v) is 16.0. The zero-order valence-corrected chi connectivity index (χ0v) is 32.0. The standard InChI is InChI=1S/C39H52F2N8O5/c1-25(50)47-18-12-33-32(23-47)37(48-13-6-7-26-19-30(27-21-42-44(5)22-27)31(36(40)41)20-34(26)48)43-49(33)28-8-14-45(15-9-28)35(51)24-53-29-10-16-46(17-11-29)38(52)54-39(2,3)4/h19-22,28-29,36H,6-18,23-24H2,1-5H3. The molecule has 2 fully saturated rings. The van der Waals surface area contributed by atoms with E-state index in [4.69, 9.17) is 14.6 Å². The highest BCUT2D eigenvalue weighted by Gasteiger charge is 2.36. The van der Waals surface area contributed by atoms with Crippen molar-refractivity contribution in [3.8, 4) is 11.1 Å². The van der Waals surface area contributed by atoms with Gasteiger partial charge in [0.2, 0.25) is 11.8 Å². The Labute approximate surface area is 315 Å². The van der Waals surface area contributed by atoms with Crippen molar-refractivity contribution in [2.24, 2.45) is 7.05 Å². The third-order valence-corrected chi connectivity index (χ3v) is 11.1. The molecule has 54 heavy (non-hydrogen) atoms. The summed E-state index contributed by atoms with van der Waals surface area (Å²) in [5.74, 6) is 0.659. The lowest BCUT2D eigenvalue weighted by atomic mass is 9.92. The lowest BCUT2D eigenvalue weighted by Gasteiger charge is -2.35. The molecule has 6 heterocycles. The minimum atomic E-state index is -2.68. The van der Waals surface area contributed by atoms with Crippen LogP contribution in [-0.4, -0.2) is 110 Å². The van der Waals surface area contributed by atoms with Crippen LogP contribution in [0.4, 0.5) is 25.1 Å². The first kappa shape index (κ1) is 37.8. The number of fused-ring (bicyclic) bond motifs is 2. The molecule has 4 aliphatic rings. The molecule has 0 bridgehead atoms. The van der Waals surface area contributed by atoms with Crippen molar-refractivity contribution < 1.29 is 32.6 Å². The molecule has 0 atom stereocenters. The monoisotopic (exact) mass is 750 g/mol. The van der Waals surface area contributed by atoms with Gasteiger partial charge >= 0.3 is 6.09 Å².